The van der Waals surface area contributed by atoms with Gasteiger partial charge in [0.25, 0.3) is 5.91 Å². The number of hydrogen-bond acceptors (Lipinski definition) is 7. The van der Waals surface area contributed by atoms with Gasteiger partial charge < -0.3 is 9.80 Å². The minimum Gasteiger partial charge on any atom is -0.353 e. The van der Waals surface area contributed by atoms with Gasteiger partial charge in [0.05, 0.1) is 0 Å². The smallest absolute Gasteiger partial charge is 0.255 e. The summed E-state index contributed by atoms with van der Waals surface area (Å²) in [6, 6.07) is 5.27. The monoisotopic (exact) mass is 488 g/mol. The number of carbonyl (C=O) groups is 3. The second-order valence-electron chi connectivity index (χ2n) is 8.46. The summed E-state index contributed by atoms with van der Waals surface area (Å²) in [5, 5.41) is 2.96. The first-order chi connectivity index (χ1) is 15.9. The molecular formula is C22H22Cl2N6O3. The maximum Gasteiger partial charge on any atom is 0.255 e. The van der Waals surface area contributed by atoms with Crippen molar-refractivity contribution in [3.63, 3.8) is 0 Å². The van der Waals surface area contributed by atoms with Crippen LogP contribution in [-0.2, 0) is 22.7 Å². The maximum atomic E-state index is 12.9. The Hall–Kier alpha value is -2.75. The van der Waals surface area contributed by atoms with Crippen LogP contribution in [0.3, 0.4) is 0 Å². The first-order valence-electron chi connectivity index (χ1n) is 10.8. The Bertz CT molecular complexity index is 1140. The molecule has 0 bridgehead atoms. The van der Waals surface area contributed by atoms with Crippen LogP contribution in [0.15, 0.2) is 24.5 Å². The quantitative estimate of drug-likeness (QED) is 0.517. The number of anilines is 1. The van der Waals surface area contributed by atoms with E-state index in [4.69, 9.17) is 23.2 Å². The fourth-order valence-electron chi connectivity index (χ4n) is 4.66. The van der Waals surface area contributed by atoms with Gasteiger partial charge in [-0.2, -0.15) is 0 Å². The molecule has 2 aromatic rings. The van der Waals surface area contributed by atoms with Crippen LogP contribution in [-0.4, -0.2) is 69.7 Å². The lowest BCUT2D eigenvalue weighted by molar-refractivity contribution is -0.136. The largest absolute Gasteiger partial charge is 0.353 e. The Morgan fingerprint density at radius 1 is 1.06 bits per heavy atom. The van der Waals surface area contributed by atoms with Crippen LogP contribution in [0.4, 0.5) is 5.82 Å². The topological polar surface area (TPSA) is 98.7 Å². The van der Waals surface area contributed by atoms with Crippen molar-refractivity contribution in [1.82, 2.24) is 25.1 Å². The summed E-state index contributed by atoms with van der Waals surface area (Å²) >= 11 is 12.3. The Balaban J connectivity index is 1.22. The predicted octanol–water partition coefficient (Wildman–Crippen LogP) is 1.87. The van der Waals surface area contributed by atoms with Crippen molar-refractivity contribution in [1.29, 1.82) is 0 Å². The summed E-state index contributed by atoms with van der Waals surface area (Å²) in [7, 11) is 0. The number of carbonyl (C=O) groups excluding carboxylic acids is 3. The number of aromatic nitrogens is 2. The van der Waals surface area contributed by atoms with E-state index in [0.717, 1.165) is 43.9 Å². The van der Waals surface area contributed by atoms with E-state index in [2.05, 4.69) is 25.1 Å². The zero-order valence-corrected chi connectivity index (χ0v) is 19.3. The molecule has 0 radical (unpaired) electrons. The van der Waals surface area contributed by atoms with Crippen LogP contribution < -0.4 is 10.2 Å². The Labute approximate surface area is 200 Å². The van der Waals surface area contributed by atoms with Crippen molar-refractivity contribution in [2.45, 2.75) is 32.0 Å². The van der Waals surface area contributed by atoms with Crippen molar-refractivity contribution in [3.05, 3.63) is 51.4 Å². The van der Waals surface area contributed by atoms with Gasteiger partial charge in [0, 0.05) is 51.3 Å². The normalized spacial score (nSPS) is 21.4. The summed E-state index contributed by atoms with van der Waals surface area (Å²) in [5.41, 5.74) is 2.66. The standard InChI is InChI=1S/C22H22Cl2N6O3/c23-18-19(24)25-12-26-20(18)29-7-5-28(6-8-29)10-13-1-2-15-14(9-13)11-30(22(15)33)16-3-4-17(31)27-21(16)32/h1-2,9,12,16H,3-8,10-11H2,(H,27,31,32). The molecule has 1 unspecified atom stereocenters. The minimum atomic E-state index is -0.596. The number of nitrogens with zero attached hydrogens (tertiary/aromatic N) is 5. The molecule has 1 atom stereocenters. The molecule has 4 heterocycles. The average Bonchev–Trinajstić information content (AvgIpc) is 3.12. The number of halogens is 2. The molecule has 2 saturated heterocycles. The summed E-state index contributed by atoms with van der Waals surface area (Å²) in [6.45, 7) is 4.33. The number of piperidine rings is 1. The van der Waals surface area contributed by atoms with Gasteiger partial charge in [0.15, 0.2) is 11.0 Å². The molecular weight excluding hydrogens is 467 g/mol. The molecule has 0 aliphatic carbocycles. The SMILES string of the molecule is O=C1CCC(N2Cc3cc(CN4CCN(c5ncnc(Cl)c5Cl)CC4)ccc3C2=O)C(=O)N1. The number of nitrogens with one attached hydrogen (secondary N) is 1. The number of piperazine rings is 1. The molecule has 1 N–H and O–H groups in total. The number of amides is 3. The zero-order valence-electron chi connectivity index (χ0n) is 17.8. The summed E-state index contributed by atoms with van der Waals surface area (Å²) in [6.07, 6.45) is 2.03. The molecule has 0 spiro atoms. The molecule has 1 aromatic heterocycles. The molecule has 172 valence electrons. The van der Waals surface area contributed by atoms with E-state index in [1.54, 1.807) is 4.90 Å². The third-order valence-electron chi connectivity index (χ3n) is 6.39. The third kappa shape index (κ3) is 4.28. The van der Waals surface area contributed by atoms with Crippen LogP contribution in [0, 0.1) is 0 Å². The molecule has 1 aromatic carbocycles. The van der Waals surface area contributed by atoms with Crippen molar-refractivity contribution >= 4 is 46.7 Å². The van der Waals surface area contributed by atoms with Crippen molar-refractivity contribution < 1.29 is 14.4 Å². The van der Waals surface area contributed by atoms with Gasteiger partial charge in [-0.3, -0.25) is 24.6 Å². The summed E-state index contributed by atoms with van der Waals surface area (Å²) in [5.74, 6) is -0.176. The highest BCUT2D eigenvalue weighted by atomic mass is 35.5. The zero-order chi connectivity index (χ0) is 23.1. The van der Waals surface area contributed by atoms with Gasteiger partial charge in [-0.05, 0) is 23.6 Å². The van der Waals surface area contributed by atoms with E-state index < -0.39 is 11.9 Å². The van der Waals surface area contributed by atoms with Crippen LogP contribution in [0.2, 0.25) is 10.2 Å². The van der Waals surface area contributed by atoms with Crippen molar-refractivity contribution in [2.75, 3.05) is 31.1 Å². The van der Waals surface area contributed by atoms with E-state index in [1.807, 2.05) is 18.2 Å². The van der Waals surface area contributed by atoms with Crippen LogP contribution in [0.1, 0.15) is 34.3 Å². The van der Waals surface area contributed by atoms with Crippen LogP contribution >= 0.6 is 23.2 Å². The van der Waals surface area contributed by atoms with E-state index in [0.29, 0.717) is 29.4 Å². The van der Waals surface area contributed by atoms with E-state index in [1.165, 1.54) is 6.33 Å². The number of hydrogen-bond donors (Lipinski definition) is 1. The fraction of sp³-hybridized carbons (Fsp3) is 0.409. The van der Waals surface area contributed by atoms with Crippen LogP contribution in [0.25, 0.3) is 0 Å². The third-order valence-corrected chi connectivity index (χ3v) is 7.13. The lowest BCUT2D eigenvalue weighted by atomic mass is 10.0. The highest BCUT2D eigenvalue weighted by Crippen LogP contribution is 2.30. The Morgan fingerprint density at radius 2 is 1.85 bits per heavy atom. The maximum absolute atomic E-state index is 12.9. The van der Waals surface area contributed by atoms with Gasteiger partial charge in [-0.15, -0.1) is 0 Å². The fourth-order valence-corrected chi connectivity index (χ4v) is 5.01. The average molecular weight is 489 g/mol. The number of imide groups is 1. The number of rotatable bonds is 4. The van der Waals surface area contributed by atoms with Gasteiger partial charge in [-0.25, -0.2) is 9.97 Å². The van der Waals surface area contributed by atoms with Crippen molar-refractivity contribution in [3.8, 4) is 0 Å². The molecule has 3 aliphatic rings. The lowest BCUT2D eigenvalue weighted by Gasteiger charge is -2.35. The molecule has 11 heteroatoms. The number of benzene rings is 1. The summed E-state index contributed by atoms with van der Waals surface area (Å²) < 4.78 is 0. The summed E-state index contributed by atoms with van der Waals surface area (Å²) in [4.78, 5) is 50.7. The highest BCUT2D eigenvalue weighted by Gasteiger charge is 2.39. The van der Waals surface area contributed by atoms with Crippen LogP contribution in [0.5, 0.6) is 0 Å². The lowest BCUT2D eigenvalue weighted by Crippen LogP contribution is -2.52. The highest BCUT2D eigenvalue weighted by molar-refractivity contribution is 6.42. The van der Waals surface area contributed by atoms with Gasteiger partial charge >= 0.3 is 0 Å². The molecule has 3 amide bonds. The second-order valence-corrected chi connectivity index (χ2v) is 9.19. The molecule has 5 rings (SSSR count). The van der Waals surface area contributed by atoms with E-state index in [-0.39, 0.29) is 23.4 Å². The Morgan fingerprint density at radius 3 is 2.61 bits per heavy atom. The minimum absolute atomic E-state index is 0.153. The molecule has 3 aliphatic heterocycles. The van der Waals surface area contributed by atoms with Gasteiger partial charge in [0.2, 0.25) is 11.8 Å². The molecule has 2 fully saturated rings. The molecule has 9 nitrogen and oxygen atoms in total. The van der Waals surface area contributed by atoms with Crippen molar-refractivity contribution in [2.24, 2.45) is 0 Å². The molecule has 0 saturated carbocycles. The Kier molecular flexibility index (Phi) is 5.94. The number of fused-ring (bicyclic) bond motifs is 1. The van der Waals surface area contributed by atoms with Gasteiger partial charge in [-0.1, -0.05) is 35.3 Å². The van der Waals surface area contributed by atoms with E-state index >= 15 is 0 Å². The first kappa shape index (κ1) is 22.1. The van der Waals surface area contributed by atoms with E-state index in [9.17, 15) is 14.4 Å². The molecule has 33 heavy (non-hydrogen) atoms. The van der Waals surface area contributed by atoms with Gasteiger partial charge in [0.1, 0.15) is 17.4 Å². The predicted molar refractivity (Wildman–Crippen MR) is 122 cm³/mol. The first-order valence-corrected chi connectivity index (χ1v) is 11.6. The second kappa shape index (κ2) is 8.89.